The third kappa shape index (κ3) is 4.29. The maximum Gasteiger partial charge on any atom is 0.255 e. The molecule has 1 amide bonds. The Morgan fingerprint density at radius 2 is 2.03 bits per heavy atom. The minimum Gasteiger partial charge on any atom is -0.331 e. The summed E-state index contributed by atoms with van der Waals surface area (Å²) in [4.78, 5) is 19.4. The number of aromatic amines is 1. The molecule has 0 atom stereocenters. The van der Waals surface area contributed by atoms with Crippen LogP contribution < -0.4 is 0 Å². The fourth-order valence-corrected chi connectivity index (χ4v) is 3.22. The van der Waals surface area contributed by atoms with E-state index in [2.05, 4.69) is 44.6 Å². The number of H-pyrrole nitrogens is 1. The summed E-state index contributed by atoms with van der Waals surface area (Å²) >= 11 is 0. The zero-order valence-corrected chi connectivity index (χ0v) is 16.4. The van der Waals surface area contributed by atoms with Crippen molar-refractivity contribution in [1.82, 2.24) is 40.3 Å². The number of carbonyl (C=O) groups is 1. The summed E-state index contributed by atoms with van der Waals surface area (Å²) in [7, 11) is 0. The smallest absolute Gasteiger partial charge is 0.255 e. The van der Waals surface area contributed by atoms with E-state index in [4.69, 9.17) is 0 Å². The van der Waals surface area contributed by atoms with Gasteiger partial charge in [-0.15, -0.1) is 10.2 Å². The topological polar surface area (TPSA) is 105 Å². The van der Waals surface area contributed by atoms with Gasteiger partial charge >= 0.3 is 0 Å². The van der Waals surface area contributed by atoms with Crippen LogP contribution in [0, 0.1) is 5.92 Å². The second-order valence-electron chi connectivity index (χ2n) is 7.33. The van der Waals surface area contributed by atoms with Gasteiger partial charge in [-0.05, 0) is 17.5 Å². The number of benzene rings is 1. The lowest BCUT2D eigenvalue weighted by atomic mass is 10.1. The van der Waals surface area contributed by atoms with Crippen LogP contribution in [0.4, 0.5) is 0 Å². The summed E-state index contributed by atoms with van der Waals surface area (Å²) < 4.78 is 1.84. The second kappa shape index (κ2) is 8.17. The Balaban J connectivity index is 1.58. The molecular formula is C20H22N8O. The van der Waals surface area contributed by atoms with E-state index in [0.717, 1.165) is 16.6 Å². The largest absolute Gasteiger partial charge is 0.331 e. The molecule has 0 aliphatic heterocycles. The van der Waals surface area contributed by atoms with Gasteiger partial charge in [0.1, 0.15) is 0 Å². The van der Waals surface area contributed by atoms with Crippen LogP contribution in [0.25, 0.3) is 11.0 Å². The van der Waals surface area contributed by atoms with E-state index in [0.29, 0.717) is 36.9 Å². The molecule has 0 saturated carbocycles. The molecule has 0 saturated heterocycles. The van der Waals surface area contributed by atoms with Crippen LogP contribution in [-0.2, 0) is 13.1 Å². The predicted molar refractivity (Wildman–Crippen MR) is 107 cm³/mol. The molecule has 0 aliphatic rings. The Hall–Kier alpha value is -3.62. The molecule has 9 nitrogen and oxygen atoms in total. The van der Waals surface area contributed by atoms with Gasteiger partial charge in [-0.3, -0.25) is 4.79 Å². The van der Waals surface area contributed by atoms with E-state index < -0.39 is 0 Å². The summed E-state index contributed by atoms with van der Waals surface area (Å²) in [5, 5.41) is 19.2. The monoisotopic (exact) mass is 390 g/mol. The Labute approximate surface area is 167 Å². The van der Waals surface area contributed by atoms with Crippen LogP contribution in [0.5, 0.6) is 0 Å². The first kappa shape index (κ1) is 18.7. The Morgan fingerprint density at radius 1 is 1.21 bits per heavy atom. The minimum absolute atomic E-state index is 0.117. The maximum atomic E-state index is 13.1. The van der Waals surface area contributed by atoms with Crippen LogP contribution in [0.15, 0.2) is 48.8 Å². The number of fused-ring (bicyclic) bond motifs is 1. The van der Waals surface area contributed by atoms with Gasteiger partial charge in [-0.25, -0.2) is 9.67 Å². The number of pyridine rings is 1. The molecule has 9 heteroatoms. The normalized spacial score (nSPS) is 11.3. The molecule has 3 aromatic heterocycles. The first-order valence-electron chi connectivity index (χ1n) is 9.47. The average molecular weight is 390 g/mol. The molecule has 4 rings (SSSR count). The fraction of sp³-hybridized carbons (Fsp3) is 0.300. The third-order valence-corrected chi connectivity index (χ3v) is 4.49. The lowest BCUT2D eigenvalue weighted by molar-refractivity contribution is 0.0717. The van der Waals surface area contributed by atoms with Gasteiger partial charge in [0.25, 0.3) is 5.91 Å². The van der Waals surface area contributed by atoms with Crippen molar-refractivity contribution in [2.75, 3.05) is 6.54 Å². The molecule has 3 heterocycles. The van der Waals surface area contributed by atoms with Crippen LogP contribution in [-0.4, -0.2) is 52.7 Å². The van der Waals surface area contributed by atoms with Gasteiger partial charge in [0.05, 0.1) is 24.8 Å². The number of rotatable bonds is 7. The Morgan fingerprint density at radius 3 is 2.76 bits per heavy atom. The third-order valence-electron chi connectivity index (χ3n) is 4.49. The average Bonchev–Trinajstić information content (AvgIpc) is 3.37. The SMILES string of the molecule is CC(C)CN(Cc1nn[nH]n1)C(=O)c1cnc2c(cnn2Cc2ccccc2)c1. The first-order chi connectivity index (χ1) is 14.1. The summed E-state index contributed by atoms with van der Waals surface area (Å²) in [6, 6.07) is 11.9. The zero-order chi connectivity index (χ0) is 20.2. The molecule has 0 unspecified atom stereocenters. The van der Waals surface area contributed by atoms with Crippen LogP contribution >= 0.6 is 0 Å². The molecular weight excluding hydrogens is 368 g/mol. The number of hydrogen-bond acceptors (Lipinski definition) is 6. The minimum atomic E-state index is -0.117. The van der Waals surface area contributed by atoms with Crippen LogP contribution in [0.2, 0.25) is 0 Å². The Kier molecular flexibility index (Phi) is 5.28. The standard InChI is InChI=1S/C20H22N8O/c1-14(2)11-27(13-18-23-25-26-24-18)20(29)17-8-16-10-22-28(19(16)21-9-17)12-15-6-4-3-5-7-15/h3-10,14H,11-13H2,1-2H3,(H,23,24,25,26). The van der Waals surface area contributed by atoms with Crippen molar-refractivity contribution in [2.45, 2.75) is 26.9 Å². The van der Waals surface area contributed by atoms with E-state index in [9.17, 15) is 4.79 Å². The molecule has 0 aliphatic carbocycles. The highest BCUT2D eigenvalue weighted by molar-refractivity contribution is 5.96. The highest BCUT2D eigenvalue weighted by Gasteiger charge is 2.20. The number of tetrazole rings is 1. The zero-order valence-electron chi connectivity index (χ0n) is 16.4. The molecule has 0 radical (unpaired) electrons. The predicted octanol–water partition coefficient (Wildman–Crippen LogP) is 2.29. The van der Waals surface area contributed by atoms with Crippen molar-refractivity contribution in [3.05, 3.63) is 65.7 Å². The van der Waals surface area contributed by atoms with E-state index in [1.807, 2.05) is 41.1 Å². The highest BCUT2D eigenvalue weighted by Crippen LogP contribution is 2.17. The second-order valence-corrected chi connectivity index (χ2v) is 7.33. The molecule has 4 aromatic rings. The molecule has 29 heavy (non-hydrogen) atoms. The van der Waals surface area contributed by atoms with Gasteiger partial charge in [0, 0.05) is 18.1 Å². The molecule has 1 aromatic carbocycles. The lowest BCUT2D eigenvalue weighted by Crippen LogP contribution is -2.34. The summed E-state index contributed by atoms with van der Waals surface area (Å²) in [5.41, 5.74) is 2.41. The van der Waals surface area contributed by atoms with Crippen LogP contribution in [0.1, 0.15) is 35.6 Å². The van der Waals surface area contributed by atoms with E-state index in [1.165, 1.54) is 0 Å². The lowest BCUT2D eigenvalue weighted by Gasteiger charge is -2.23. The van der Waals surface area contributed by atoms with Crippen molar-refractivity contribution in [2.24, 2.45) is 5.92 Å². The quantitative estimate of drug-likeness (QED) is 0.519. The molecule has 0 bridgehead atoms. The number of nitrogens with zero attached hydrogens (tertiary/aromatic N) is 7. The van der Waals surface area contributed by atoms with E-state index >= 15 is 0 Å². The van der Waals surface area contributed by atoms with Gasteiger partial charge in [0.15, 0.2) is 11.5 Å². The van der Waals surface area contributed by atoms with Crippen molar-refractivity contribution in [3.8, 4) is 0 Å². The van der Waals surface area contributed by atoms with E-state index in [1.54, 1.807) is 17.3 Å². The van der Waals surface area contributed by atoms with E-state index in [-0.39, 0.29) is 5.91 Å². The van der Waals surface area contributed by atoms with Gasteiger partial charge in [0.2, 0.25) is 0 Å². The van der Waals surface area contributed by atoms with Gasteiger partial charge in [-0.2, -0.15) is 10.3 Å². The number of hydrogen-bond donors (Lipinski definition) is 1. The van der Waals surface area contributed by atoms with Crippen molar-refractivity contribution < 1.29 is 4.79 Å². The number of nitrogens with one attached hydrogen (secondary N) is 1. The van der Waals surface area contributed by atoms with Gasteiger partial charge in [-0.1, -0.05) is 49.4 Å². The Bertz CT molecular complexity index is 1090. The highest BCUT2D eigenvalue weighted by atomic mass is 16.2. The first-order valence-corrected chi connectivity index (χ1v) is 9.47. The molecule has 0 fully saturated rings. The van der Waals surface area contributed by atoms with Crippen molar-refractivity contribution >= 4 is 16.9 Å². The van der Waals surface area contributed by atoms with Crippen molar-refractivity contribution in [1.29, 1.82) is 0 Å². The number of carbonyl (C=O) groups excluding carboxylic acids is 1. The summed E-state index contributed by atoms with van der Waals surface area (Å²) in [6.07, 6.45) is 3.35. The molecule has 0 spiro atoms. The molecule has 1 N–H and O–H groups in total. The maximum absolute atomic E-state index is 13.1. The number of aromatic nitrogens is 7. The van der Waals surface area contributed by atoms with Crippen LogP contribution in [0.3, 0.4) is 0 Å². The summed E-state index contributed by atoms with van der Waals surface area (Å²) in [6.45, 7) is 5.62. The summed E-state index contributed by atoms with van der Waals surface area (Å²) in [5.74, 6) is 0.661. The van der Waals surface area contributed by atoms with Crippen molar-refractivity contribution in [3.63, 3.8) is 0 Å². The fourth-order valence-electron chi connectivity index (χ4n) is 3.22. The van der Waals surface area contributed by atoms with Gasteiger partial charge < -0.3 is 4.90 Å². The number of amides is 1. The molecule has 148 valence electrons.